The molecular weight excluding hydrogens is 426 g/mol. The van der Waals surface area contributed by atoms with Gasteiger partial charge in [0.1, 0.15) is 5.75 Å². The van der Waals surface area contributed by atoms with Gasteiger partial charge >= 0.3 is 5.97 Å². The van der Waals surface area contributed by atoms with Crippen molar-refractivity contribution in [3.8, 4) is 5.75 Å². The second-order valence-corrected chi connectivity index (χ2v) is 8.47. The Labute approximate surface area is 188 Å². The zero-order chi connectivity index (χ0) is 23.3. The molecule has 0 N–H and O–H groups in total. The molecule has 2 bridgehead atoms. The van der Waals surface area contributed by atoms with E-state index in [-0.39, 0.29) is 40.7 Å². The van der Waals surface area contributed by atoms with Crippen molar-refractivity contribution in [2.24, 2.45) is 28.8 Å². The maximum absolute atomic E-state index is 12.8. The van der Waals surface area contributed by atoms with Crippen molar-refractivity contribution < 1.29 is 24.0 Å². The van der Waals surface area contributed by atoms with Crippen LogP contribution in [0.4, 0.5) is 5.69 Å². The molecule has 2 aromatic carbocycles. The molecule has 0 radical (unpaired) electrons. The van der Waals surface area contributed by atoms with Gasteiger partial charge in [0.05, 0.1) is 28.5 Å². The second kappa shape index (κ2) is 7.77. The third-order valence-electron chi connectivity index (χ3n) is 6.42. The molecule has 166 valence electrons. The molecule has 0 spiro atoms. The lowest BCUT2D eigenvalue weighted by atomic mass is 9.85. The van der Waals surface area contributed by atoms with E-state index in [1.807, 2.05) is 25.1 Å². The van der Waals surface area contributed by atoms with Crippen LogP contribution in [-0.4, -0.2) is 33.9 Å². The molecule has 1 saturated carbocycles. The van der Waals surface area contributed by atoms with Crippen molar-refractivity contribution in [1.29, 1.82) is 0 Å². The topological polar surface area (TPSA) is 119 Å². The number of rotatable bonds is 5. The van der Waals surface area contributed by atoms with Crippen molar-refractivity contribution in [2.75, 3.05) is 0 Å². The number of amides is 2. The molecule has 9 nitrogen and oxygen atoms in total. The molecule has 2 aliphatic carbocycles. The maximum Gasteiger partial charge on any atom is 0.343 e. The van der Waals surface area contributed by atoms with Gasteiger partial charge in [-0.05, 0) is 43.4 Å². The molecule has 1 saturated heterocycles. The highest BCUT2D eigenvalue weighted by Gasteiger charge is 2.59. The fourth-order valence-corrected chi connectivity index (χ4v) is 4.89. The maximum atomic E-state index is 12.8. The number of non-ortho nitro benzene ring substituents is 1. The zero-order valence-electron chi connectivity index (χ0n) is 17.6. The predicted octanol–water partition coefficient (Wildman–Crippen LogP) is 3.26. The minimum atomic E-state index is -0.646. The largest absolute Gasteiger partial charge is 0.422 e. The van der Waals surface area contributed by atoms with Crippen LogP contribution in [0.25, 0.3) is 0 Å². The number of aryl methyl sites for hydroxylation is 1. The Bertz CT molecular complexity index is 1240. The van der Waals surface area contributed by atoms with Gasteiger partial charge in [0.15, 0.2) is 0 Å². The molecule has 1 heterocycles. The van der Waals surface area contributed by atoms with E-state index in [1.54, 1.807) is 18.2 Å². The lowest BCUT2D eigenvalue weighted by Gasteiger charge is -2.13. The summed E-state index contributed by atoms with van der Waals surface area (Å²) >= 11 is 0. The number of nitrogens with zero attached hydrogens (tertiary/aromatic N) is 3. The number of fused-ring (bicyclic) bond motifs is 5. The van der Waals surface area contributed by atoms with E-state index in [9.17, 15) is 24.5 Å². The first-order valence-corrected chi connectivity index (χ1v) is 10.5. The van der Waals surface area contributed by atoms with Crippen LogP contribution < -0.4 is 4.74 Å². The van der Waals surface area contributed by atoms with Gasteiger partial charge in [-0.2, -0.15) is 10.1 Å². The summed E-state index contributed by atoms with van der Waals surface area (Å²) in [6, 6.07) is 10.5. The van der Waals surface area contributed by atoms with E-state index in [0.717, 1.165) is 23.2 Å². The number of hydrogen-bond donors (Lipinski definition) is 0. The summed E-state index contributed by atoms with van der Waals surface area (Å²) in [5.74, 6) is -2.10. The van der Waals surface area contributed by atoms with Crippen LogP contribution in [0.1, 0.15) is 27.9 Å². The van der Waals surface area contributed by atoms with E-state index >= 15 is 0 Å². The normalized spacial score (nSPS) is 25.2. The van der Waals surface area contributed by atoms with Crippen LogP contribution in [0, 0.1) is 40.7 Å². The van der Waals surface area contributed by atoms with Crippen molar-refractivity contribution in [2.45, 2.75) is 13.3 Å². The van der Waals surface area contributed by atoms with Crippen LogP contribution in [0.2, 0.25) is 0 Å². The summed E-state index contributed by atoms with van der Waals surface area (Å²) in [6.45, 7) is 1.84. The summed E-state index contributed by atoms with van der Waals surface area (Å²) in [5, 5.41) is 16.1. The van der Waals surface area contributed by atoms with E-state index < -0.39 is 22.7 Å². The van der Waals surface area contributed by atoms with Crippen LogP contribution in [0.3, 0.4) is 0 Å². The first-order valence-electron chi connectivity index (χ1n) is 10.5. The van der Waals surface area contributed by atoms with Crippen molar-refractivity contribution in [3.63, 3.8) is 0 Å². The molecule has 2 aromatic rings. The lowest BCUT2D eigenvalue weighted by molar-refractivity contribution is -0.384. The van der Waals surface area contributed by atoms with Gasteiger partial charge in [0, 0.05) is 17.7 Å². The number of nitro benzene ring substituents is 1. The SMILES string of the molecule is Cc1cccc(C(=O)Oc2ccc([N+](=O)[O-])cc2C=NN2C(=O)C3C4C=CC(C4)C3C2=O)c1. The van der Waals surface area contributed by atoms with Crippen LogP contribution in [0.15, 0.2) is 59.7 Å². The minimum absolute atomic E-state index is 0.0249. The third-order valence-corrected chi connectivity index (χ3v) is 6.42. The molecule has 4 unspecified atom stereocenters. The van der Waals surface area contributed by atoms with Crippen LogP contribution in [0.5, 0.6) is 5.75 Å². The molecule has 3 aliphatic rings. The Morgan fingerprint density at radius 1 is 1.12 bits per heavy atom. The fourth-order valence-electron chi connectivity index (χ4n) is 4.89. The Hall–Kier alpha value is -4.14. The van der Waals surface area contributed by atoms with E-state index in [0.29, 0.717) is 5.56 Å². The van der Waals surface area contributed by atoms with Gasteiger partial charge in [-0.15, -0.1) is 0 Å². The minimum Gasteiger partial charge on any atom is -0.422 e. The Balaban J connectivity index is 1.43. The highest BCUT2D eigenvalue weighted by Crippen LogP contribution is 2.52. The number of allylic oxidation sites excluding steroid dienone is 2. The number of carbonyl (C=O) groups is 3. The number of esters is 1. The smallest absolute Gasteiger partial charge is 0.343 e. The van der Waals surface area contributed by atoms with Gasteiger partial charge in [0.25, 0.3) is 17.5 Å². The highest BCUT2D eigenvalue weighted by molar-refractivity contribution is 6.07. The number of ether oxygens (including phenoxy) is 1. The van der Waals surface area contributed by atoms with Crippen molar-refractivity contribution >= 4 is 29.7 Å². The van der Waals surface area contributed by atoms with Gasteiger partial charge in [-0.3, -0.25) is 19.7 Å². The van der Waals surface area contributed by atoms with Crippen molar-refractivity contribution in [1.82, 2.24) is 5.01 Å². The summed E-state index contributed by atoms with van der Waals surface area (Å²) in [6.07, 6.45) is 5.91. The fraction of sp³-hybridized carbons (Fsp3) is 0.250. The Morgan fingerprint density at radius 3 is 2.45 bits per heavy atom. The average molecular weight is 445 g/mol. The molecule has 2 amide bonds. The molecule has 0 aromatic heterocycles. The van der Waals surface area contributed by atoms with Gasteiger partial charge < -0.3 is 4.74 Å². The Kier molecular flexibility index (Phi) is 4.88. The van der Waals surface area contributed by atoms with E-state index in [4.69, 9.17) is 4.74 Å². The number of benzene rings is 2. The van der Waals surface area contributed by atoms with Gasteiger partial charge in [0.2, 0.25) is 0 Å². The monoisotopic (exact) mass is 445 g/mol. The Morgan fingerprint density at radius 2 is 1.82 bits per heavy atom. The summed E-state index contributed by atoms with van der Waals surface area (Å²) in [4.78, 5) is 48.9. The van der Waals surface area contributed by atoms with E-state index in [1.165, 1.54) is 18.2 Å². The van der Waals surface area contributed by atoms with Gasteiger partial charge in [-0.25, -0.2) is 4.79 Å². The van der Waals surface area contributed by atoms with Gasteiger partial charge in [-0.1, -0.05) is 29.8 Å². The number of carbonyl (C=O) groups excluding carboxylic acids is 3. The quantitative estimate of drug-likeness (QED) is 0.133. The highest BCUT2D eigenvalue weighted by atomic mass is 16.6. The van der Waals surface area contributed by atoms with Crippen LogP contribution in [-0.2, 0) is 9.59 Å². The number of nitro groups is 1. The number of hydrogen-bond acceptors (Lipinski definition) is 7. The first-order chi connectivity index (χ1) is 15.8. The lowest BCUT2D eigenvalue weighted by Crippen LogP contribution is -2.28. The number of imide groups is 1. The standard InChI is InChI=1S/C24H19N3O6/c1-13-3-2-4-16(9-13)24(30)33-19-8-7-18(27(31)32)11-17(19)12-25-26-22(28)20-14-5-6-15(10-14)21(20)23(26)29/h2-9,11-12,14-15,20-21H,10H2,1H3. The molecule has 33 heavy (non-hydrogen) atoms. The molecule has 4 atom stereocenters. The summed E-state index contributed by atoms with van der Waals surface area (Å²) < 4.78 is 5.46. The number of hydrazone groups is 1. The van der Waals surface area contributed by atoms with E-state index in [2.05, 4.69) is 5.10 Å². The first kappa shape index (κ1) is 20.7. The molecule has 2 fully saturated rings. The van der Waals surface area contributed by atoms with Crippen molar-refractivity contribution in [3.05, 3.63) is 81.4 Å². The molecular formula is C24H19N3O6. The molecule has 1 aliphatic heterocycles. The second-order valence-electron chi connectivity index (χ2n) is 8.47. The third kappa shape index (κ3) is 3.51. The summed E-state index contributed by atoms with van der Waals surface area (Å²) in [7, 11) is 0. The molecule has 5 rings (SSSR count). The summed E-state index contributed by atoms with van der Waals surface area (Å²) in [5.41, 5.74) is 1.04. The zero-order valence-corrected chi connectivity index (χ0v) is 17.6. The average Bonchev–Trinajstić information content (AvgIpc) is 3.47. The predicted molar refractivity (Wildman–Crippen MR) is 116 cm³/mol. The van der Waals surface area contributed by atoms with Crippen LogP contribution >= 0.6 is 0 Å². The molecule has 9 heteroatoms.